The Balaban J connectivity index is 2.86. The molecule has 0 aliphatic heterocycles. The van der Waals surface area contributed by atoms with Crippen LogP contribution in [-0.4, -0.2) is 15.5 Å². The van der Waals surface area contributed by atoms with Crippen LogP contribution in [0.25, 0.3) is 11.0 Å². The Labute approximate surface area is 97.0 Å². The zero-order valence-corrected chi connectivity index (χ0v) is 9.52. The number of amides is 1. The summed E-state index contributed by atoms with van der Waals surface area (Å²) in [6.45, 7) is 1.84. The van der Waals surface area contributed by atoms with E-state index in [4.69, 9.17) is 5.84 Å². The number of hydrazine groups is 1. The quantitative estimate of drug-likeness (QED) is 0.406. The summed E-state index contributed by atoms with van der Waals surface area (Å²) in [5, 5.41) is 0.402. The first-order chi connectivity index (χ1) is 8.04. The van der Waals surface area contributed by atoms with E-state index in [1.165, 1.54) is 6.20 Å². The van der Waals surface area contributed by atoms with Gasteiger partial charge in [0.05, 0.1) is 5.39 Å². The van der Waals surface area contributed by atoms with Crippen LogP contribution < -0.4 is 16.7 Å². The molecule has 6 nitrogen and oxygen atoms in total. The first-order valence-corrected chi connectivity index (χ1v) is 5.02. The fourth-order valence-electron chi connectivity index (χ4n) is 1.69. The fraction of sp³-hybridized carbons (Fsp3) is 0.182. The number of hydrogen-bond acceptors (Lipinski definition) is 4. The van der Waals surface area contributed by atoms with Crippen molar-refractivity contribution in [2.24, 2.45) is 12.9 Å². The number of aryl methyl sites for hydroxylation is 2. The molecule has 1 amide bonds. The lowest BCUT2D eigenvalue weighted by Crippen LogP contribution is -2.34. The van der Waals surface area contributed by atoms with E-state index in [-0.39, 0.29) is 11.0 Å². The van der Waals surface area contributed by atoms with Crippen molar-refractivity contribution in [1.82, 2.24) is 15.0 Å². The third-order valence-corrected chi connectivity index (χ3v) is 2.54. The third kappa shape index (κ3) is 1.78. The van der Waals surface area contributed by atoms with Gasteiger partial charge in [-0.1, -0.05) is 0 Å². The van der Waals surface area contributed by atoms with Gasteiger partial charge in [0.2, 0.25) is 5.43 Å². The van der Waals surface area contributed by atoms with Crippen LogP contribution in [0.2, 0.25) is 0 Å². The molecule has 0 unspecified atom stereocenters. The van der Waals surface area contributed by atoms with Gasteiger partial charge in [0, 0.05) is 18.9 Å². The largest absolute Gasteiger partial charge is 0.335 e. The van der Waals surface area contributed by atoms with E-state index < -0.39 is 5.91 Å². The Morgan fingerprint density at radius 2 is 2.18 bits per heavy atom. The molecular weight excluding hydrogens is 220 g/mol. The fourth-order valence-corrected chi connectivity index (χ4v) is 1.69. The van der Waals surface area contributed by atoms with Crippen molar-refractivity contribution in [3.8, 4) is 0 Å². The van der Waals surface area contributed by atoms with Gasteiger partial charge in [0.25, 0.3) is 5.91 Å². The van der Waals surface area contributed by atoms with E-state index in [2.05, 4.69) is 4.98 Å². The van der Waals surface area contributed by atoms with Crippen LogP contribution >= 0.6 is 0 Å². The molecule has 0 saturated heterocycles. The highest BCUT2D eigenvalue weighted by molar-refractivity contribution is 5.96. The van der Waals surface area contributed by atoms with Gasteiger partial charge in [-0.25, -0.2) is 10.8 Å². The lowest BCUT2D eigenvalue weighted by molar-refractivity contribution is 0.0952. The molecule has 0 atom stereocenters. The van der Waals surface area contributed by atoms with Crippen LogP contribution in [0.3, 0.4) is 0 Å². The molecule has 0 fully saturated rings. The molecule has 17 heavy (non-hydrogen) atoms. The van der Waals surface area contributed by atoms with Gasteiger partial charge in [0.1, 0.15) is 11.2 Å². The van der Waals surface area contributed by atoms with Crippen LogP contribution in [-0.2, 0) is 7.05 Å². The third-order valence-electron chi connectivity index (χ3n) is 2.54. The minimum atomic E-state index is -0.604. The molecule has 88 valence electrons. The number of hydrogen-bond donors (Lipinski definition) is 2. The Kier molecular flexibility index (Phi) is 2.64. The lowest BCUT2D eigenvalue weighted by Gasteiger charge is -2.07. The van der Waals surface area contributed by atoms with Crippen molar-refractivity contribution in [1.29, 1.82) is 0 Å². The highest BCUT2D eigenvalue weighted by atomic mass is 16.2. The Morgan fingerprint density at radius 3 is 2.82 bits per heavy atom. The summed E-state index contributed by atoms with van der Waals surface area (Å²) < 4.78 is 1.63. The smallest absolute Gasteiger partial charge is 0.270 e. The molecule has 0 radical (unpaired) electrons. The average Bonchev–Trinajstić information content (AvgIpc) is 2.32. The predicted octanol–water partition coefficient (Wildman–Crippen LogP) is -0.155. The SMILES string of the molecule is Cc1ccc2c(=O)c(C(=O)NN)cn(C)c2n1. The number of pyridine rings is 2. The molecule has 0 bridgehead atoms. The van der Waals surface area contributed by atoms with E-state index >= 15 is 0 Å². The maximum atomic E-state index is 12.0. The minimum absolute atomic E-state index is 0.00755. The maximum absolute atomic E-state index is 12.0. The van der Waals surface area contributed by atoms with Crippen LogP contribution in [0.4, 0.5) is 0 Å². The Bertz CT molecular complexity index is 660. The molecule has 3 N–H and O–H groups in total. The van der Waals surface area contributed by atoms with Crippen LogP contribution in [0, 0.1) is 6.92 Å². The predicted molar refractivity (Wildman–Crippen MR) is 63.4 cm³/mol. The number of nitrogen functional groups attached to an aromatic ring is 1. The monoisotopic (exact) mass is 232 g/mol. The van der Waals surface area contributed by atoms with E-state index in [1.807, 2.05) is 12.3 Å². The molecular formula is C11H12N4O2. The van der Waals surface area contributed by atoms with Crippen molar-refractivity contribution in [2.75, 3.05) is 0 Å². The van der Waals surface area contributed by atoms with Gasteiger partial charge >= 0.3 is 0 Å². The van der Waals surface area contributed by atoms with E-state index in [0.29, 0.717) is 11.0 Å². The van der Waals surface area contributed by atoms with E-state index in [0.717, 1.165) is 5.69 Å². The van der Waals surface area contributed by atoms with Crippen molar-refractivity contribution in [2.45, 2.75) is 6.92 Å². The number of aromatic nitrogens is 2. The van der Waals surface area contributed by atoms with Crippen molar-refractivity contribution < 1.29 is 4.79 Å². The Morgan fingerprint density at radius 1 is 1.47 bits per heavy atom. The second-order valence-electron chi connectivity index (χ2n) is 3.78. The molecule has 0 spiro atoms. The second kappa shape index (κ2) is 3.99. The number of nitrogens with two attached hydrogens (primary N) is 1. The van der Waals surface area contributed by atoms with Crippen LogP contribution in [0.1, 0.15) is 16.1 Å². The normalized spacial score (nSPS) is 10.5. The Hall–Kier alpha value is -2.21. The summed E-state index contributed by atoms with van der Waals surface area (Å²) in [5.41, 5.74) is 2.95. The number of nitrogens with zero attached hydrogens (tertiary/aromatic N) is 2. The van der Waals surface area contributed by atoms with Gasteiger partial charge in [-0.05, 0) is 19.1 Å². The molecule has 2 aromatic rings. The number of carbonyl (C=O) groups is 1. The van der Waals surface area contributed by atoms with Gasteiger partial charge < -0.3 is 4.57 Å². The summed E-state index contributed by atoms with van der Waals surface area (Å²) in [6.07, 6.45) is 1.43. The molecule has 2 aromatic heterocycles. The summed E-state index contributed by atoms with van der Waals surface area (Å²) in [6, 6.07) is 3.39. The summed E-state index contributed by atoms with van der Waals surface area (Å²) in [7, 11) is 1.72. The number of nitrogens with one attached hydrogen (secondary N) is 1. The minimum Gasteiger partial charge on any atom is -0.335 e. The van der Waals surface area contributed by atoms with E-state index in [1.54, 1.807) is 23.7 Å². The summed E-state index contributed by atoms with van der Waals surface area (Å²) >= 11 is 0. The highest BCUT2D eigenvalue weighted by Crippen LogP contribution is 2.09. The zero-order valence-electron chi connectivity index (χ0n) is 9.52. The molecule has 2 heterocycles. The lowest BCUT2D eigenvalue weighted by atomic mass is 10.2. The van der Waals surface area contributed by atoms with E-state index in [9.17, 15) is 9.59 Å². The topological polar surface area (TPSA) is 90.0 Å². The molecule has 0 saturated carbocycles. The van der Waals surface area contributed by atoms with Crippen LogP contribution in [0.15, 0.2) is 23.1 Å². The van der Waals surface area contributed by atoms with Gasteiger partial charge in [-0.3, -0.25) is 15.0 Å². The van der Waals surface area contributed by atoms with Gasteiger partial charge in [-0.2, -0.15) is 0 Å². The zero-order chi connectivity index (χ0) is 12.6. The van der Waals surface area contributed by atoms with Crippen molar-refractivity contribution in [3.05, 3.63) is 39.8 Å². The van der Waals surface area contributed by atoms with Crippen molar-refractivity contribution in [3.63, 3.8) is 0 Å². The number of rotatable bonds is 1. The molecule has 0 aliphatic carbocycles. The summed E-state index contributed by atoms with van der Waals surface area (Å²) in [5.74, 6) is 4.42. The number of carbonyl (C=O) groups excluding carboxylic acids is 1. The summed E-state index contributed by atoms with van der Waals surface area (Å²) in [4.78, 5) is 27.7. The van der Waals surface area contributed by atoms with Crippen molar-refractivity contribution >= 4 is 16.9 Å². The second-order valence-corrected chi connectivity index (χ2v) is 3.78. The number of fused-ring (bicyclic) bond motifs is 1. The molecule has 6 heteroatoms. The van der Waals surface area contributed by atoms with Gasteiger partial charge in [0.15, 0.2) is 0 Å². The standard InChI is InChI=1S/C11H12N4O2/c1-6-3-4-7-9(16)8(11(17)14-12)5-15(2)10(7)13-6/h3-5H,12H2,1-2H3,(H,14,17). The average molecular weight is 232 g/mol. The molecule has 0 aromatic carbocycles. The first kappa shape index (κ1) is 11.3. The maximum Gasteiger partial charge on any atom is 0.270 e. The van der Waals surface area contributed by atoms with Crippen LogP contribution in [0.5, 0.6) is 0 Å². The molecule has 2 rings (SSSR count). The highest BCUT2D eigenvalue weighted by Gasteiger charge is 2.13. The van der Waals surface area contributed by atoms with Gasteiger partial charge in [-0.15, -0.1) is 0 Å². The first-order valence-electron chi connectivity index (χ1n) is 5.02. The molecule has 0 aliphatic rings.